The summed E-state index contributed by atoms with van der Waals surface area (Å²) in [5, 5.41) is 0. The molecular formula is C10H10F2O3. The third-order valence-electron chi connectivity index (χ3n) is 1.63. The van der Waals surface area contributed by atoms with Crippen LogP contribution < -0.4 is 4.74 Å². The fourth-order valence-corrected chi connectivity index (χ4v) is 0.990. The Hall–Kier alpha value is -1.65. The highest BCUT2D eigenvalue weighted by atomic mass is 19.3. The van der Waals surface area contributed by atoms with Crippen molar-refractivity contribution >= 4 is 5.97 Å². The number of esters is 1. The van der Waals surface area contributed by atoms with Crippen molar-refractivity contribution in [3.63, 3.8) is 0 Å². The summed E-state index contributed by atoms with van der Waals surface area (Å²) < 4.78 is 32.9. The second kappa shape index (κ2) is 5.29. The first-order chi connectivity index (χ1) is 7.13. The smallest absolute Gasteiger partial charge is 0.337 e. The number of hydrogen-bond donors (Lipinski definition) is 0. The van der Waals surface area contributed by atoms with Crippen LogP contribution in [-0.4, -0.2) is 26.1 Å². The molecule has 0 N–H and O–H groups in total. The Kier molecular flexibility index (Phi) is 4.03. The molecule has 0 aliphatic heterocycles. The van der Waals surface area contributed by atoms with Crippen LogP contribution in [0.5, 0.6) is 5.75 Å². The maximum Gasteiger partial charge on any atom is 0.337 e. The quantitative estimate of drug-likeness (QED) is 0.723. The Morgan fingerprint density at radius 3 is 2.80 bits per heavy atom. The number of halogens is 2. The van der Waals surface area contributed by atoms with Gasteiger partial charge in [-0.05, 0) is 18.2 Å². The molecule has 5 heteroatoms. The van der Waals surface area contributed by atoms with E-state index in [1.54, 1.807) is 0 Å². The summed E-state index contributed by atoms with van der Waals surface area (Å²) in [6.45, 7) is -0.690. The molecule has 0 fully saturated rings. The van der Waals surface area contributed by atoms with Crippen molar-refractivity contribution in [3.05, 3.63) is 29.8 Å². The van der Waals surface area contributed by atoms with Crippen LogP contribution >= 0.6 is 0 Å². The molecule has 0 heterocycles. The zero-order chi connectivity index (χ0) is 11.3. The molecule has 0 radical (unpaired) electrons. The lowest BCUT2D eigenvalue weighted by Crippen LogP contribution is -2.08. The van der Waals surface area contributed by atoms with Gasteiger partial charge in [0.1, 0.15) is 12.4 Å². The van der Waals surface area contributed by atoms with E-state index in [4.69, 9.17) is 4.74 Å². The summed E-state index contributed by atoms with van der Waals surface area (Å²) in [7, 11) is 1.25. The number of carbonyl (C=O) groups excluding carboxylic acids is 1. The molecule has 0 saturated carbocycles. The Bertz CT molecular complexity index is 339. The highest BCUT2D eigenvalue weighted by Crippen LogP contribution is 2.14. The van der Waals surface area contributed by atoms with Gasteiger partial charge in [-0.2, -0.15) is 0 Å². The van der Waals surface area contributed by atoms with E-state index in [1.165, 1.54) is 31.4 Å². The van der Waals surface area contributed by atoms with Gasteiger partial charge in [-0.3, -0.25) is 0 Å². The molecule has 82 valence electrons. The van der Waals surface area contributed by atoms with E-state index in [-0.39, 0.29) is 11.3 Å². The number of benzene rings is 1. The Balaban J connectivity index is 2.70. The van der Waals surface area contributed by atoms with Crippen LogP contribution in [0.15, 0.2) is 24.3 Å². The van der Waals surface area contributed by atoms with Crippen molar-refractivity contribution in [3.8, 4) is 5.75 Å². The first-order valence-electron chi connectivity index (χ1n) is 4.23. The van der Waals surface area contributed by atoms with Crippen LogP contribution in [0.1, 0.15) is 10.4 Å². The predicted octanol–water partition coefficient (Wildman–Crippen LogP) is 2.12. The summed E-state index contributed by atoms with van der Waals surface area (Å²) >= 11 is 0. The first kappa shape index (κ1) is 11.4. The topological polar surface area (TPSA) is 35.5 Å². The van der Waals surface area contributed by atoms with Gasteiger partial charge in [0, 0.05) is 0 Å². The molecule has 0 saturated heterocycles. The number of methoxy groups -OCH3 is 1. The SMILES string of the molecule is COC(=O)c1cccc(OCC(F)F)c1. The van der Waals surface area contributed by atoms with Crippen LogP contribution in [0.4, 0.5) is 8.78 Å². The van der Waals surface area contributed by atoms with Gasteiger partial charge in [0.25, 0.3) is 6.43 Å². The predicted molar refractivity (Wildman–Crippen MR) is 49.3 cm³/mol. The first-order valence-corrected chi connectivity index (χ1v) is 4.23. The second-order valence-corrected chi connectivity index (χ2v) is 2.72. The van der Waals surface area contributed by atoms with Gasteiger partial charge in [0.15, 0.2) is 0 Å². The third-order valence-corrected chi connectivity index (χ3v) is 1.63. The van der Waals surface area contributed by atoms with E-state index in [0.29, 0.717) is 0 Å². The van der Waals surface area contributed by atoms with E-state index < -0.39 is 19.0 Å². The summed E-state index contributed by atoms with van der Waals surface area (Å²) in [6, 6.07) is 5.90. The molecule has 1 rings (SSSR count). The zero-order valence-corrected chi connectivity index (χ0v) is 8.07. The maximum atomic E-state index is 11.8. The third kappa shape index (κ3) is 3.53. The van der Waals surface area contributed by atoms with Gasteiger partial charge in [-0.15, -0.1) is 0 Å². The highest BCUT2D eigenvalue weighted by Gasteiger charge is 2.07. The summed E-state index contributed by atoms with van der Waals surface area (Å²) in [5.74, 6) is -0.310. The molecule has 1 aromatic rings. The molecule has 0 aromatic heterocycles. The molecule has 0 unspecified atom stereocenters. The summed E-state index contributed by atoms with van der Waals surface area (Å²) in [5.41, 5.74) is 0.268. The normalized spacial score (nSPS) is 10.1. The number of ether oxygens (including phenoxy) is 2. The van der Waals surface area contributed by atoms with E-state index in [0.717, 1.165) is 0 Å². The molecule has 0 aliphatic rings. The van der Waals surface area contributed by atoms with Crippen molar-refractivity contribution < 1.29 is 23.0 Å². The molecular weight excluding hydrogens is 206 g/mol. The zero-order valence-electron chi connectivity index (χ0n) is 8.07. The number of rotatable bonds is 4. The van der Waals surface area contributed by atoms with Crippen LogP contribution in [0.25, 0.3) is 0 Å². The van der Waals surface area contributed by atoms with Crippen molar-refractivity contribution in [1.82, 2.24) is 0 Å². The minimum atomic E-state index is -2.54. The Morgan fingerprint density at radius 2 is 2.20 bits per heavy atom. The standard InChI is InChI=1S/C10H10F2O3/c1-14-10(13)7-3-2-4-8(5-7)15-6-9(11)12/h2-5,9H,6H2,1H3. The Morgan fingerprint density at radius 1 is 1.47 bits per heavy atom. The average molecular weight is 216 g/mol. The van der Waals surface area contributed by atoms with Gasteiger partial charge < -0.3 is 9.47 Å². The molecule has 0 atom stereocenters. The number of alkyl halides is 2. The lowest BCUT2D eigenvalue weighted by Gasteiger charge is -2.06. The van der Waals surface area contributed by atoms with E-state index in [1.807, 2.05) is 0 Å². The number of carbonyl (C=O) groups is 1. The van der Waals surface area contributed by atoms with Crippen LogP contribution in [-0.2, 0) is 4.74 Å². The minimum absolute atomic E-state index is 0.221. The summed E-state index contributed by atoms with van der Waals surface area (Å²) in [6.07, 6.45) is -2.54. The fourth-order valence-electron chi connectivity index (χ4n) is 0.990. The van der Waals surface area contributed by atoms with E-state index in [2.05, 4.69) is 4.74 Å². The summed E-state index contributed by atoms with van der Waals surface area (Å²) in [4.78, 5) is 11.1. The van der Waals surface area contributed by atoms with E-state index >= 15 is 0 Å². The van der Waals surface area contributed by atoms with Crippen molar-refractivity contribution in [2.45, 2.75) is 6.43 Å². The molecule has 0 aliphatic carbocycles. The van der Waals surface area contributed by atoms with Crippen LogP contribution in [0.3, 0.4) is 0 Å². The van der Waals surface area contributed by atoms with Gasteiger partial charge in [-0.1, -0.05) is 6.07 Å². The van der Waals surface area contributed by atoms with Crippen molar-refractivity contribution in [1.29, 1.82) is 0 Å². The van der Waals surface area contributed by atoms with Gasteiger partial charge in [0.2, 0.25) is 0 Å². The fraction of sp³-hybridized carbons (Fsp3) is 0.300. The largest absolute Gasteiger partial charge is 0.488 e. The van der Waals surface area contributed by atoms with Crippen molar-refractivity contribution in [2.75, 3.05) is 13.7 Å². The molecule has 1 aromatic carbocycles. The minimum Gasteiger partial charge on any atom is -0.488 e. The van der Waals surface area contributed by atoms with Gasteiger partial charge in [0.05, 0.1) is 12.7 Å². The van der Waals surface area contributed by atoms with Crippen LogP contribution in [0, 0.1) is 0 Å². The monoisotopic (exact) mass is 216 g/mol. The Labute approximate surface area is 85.6 Å². The number of hydrogen-bond acceptors (Lipinski definition) is 3. The lowest BCUT2D eigenvalue weighted by molar-refractivity contribution is 0.0599. The average Bonchev–Trinajstić information content (AvgIpc) is 2.25. The molecule has 0 bridgehead atoms. The highest BCUT2D eigenvalue weighted by molar-refractivity contribution is 5.89. The molecule has 0 amide bonds. The van der Waals surface area contributed by atoms with Gasteiger partial charge >= 0.3 is 5.97 Å². The van der Waals surface area contributed by atoms with Crippen molar-refractivity contribution in [2.24, 2.45) is 0 Å². The van der Waals surface area contributed by atoms with E-state index in [9.17, 15) is 13.6 Å². The lowest BCUT2D eigenvalue weighted by atomic mass is 10.2. The van der Waals surface area contributed by atoms with Crippen LogP contribution in [0.2, 0.25) is 0 Å². The second-order valence-electron chi connectivity index (χ2n) is 2.72. The maximum absolute atomic E-state index is 11.8. The van der Waals surface area contributed by atoms with Gasteiger partial charge in [-0.25, -0.2) is 13.6 Å². The molecule has 3 nitrogen and oxygen atoms in total. The molecule has 15 heavy (non-hydrogen) atoms. The molecule has 0 spiro atoms.